The largest absolute Gasteiger partial charge is 0.354 e. The topological polar surface area (TPSA) is 98.8 Å². The maximum Gasteiger partial charge on any atom is 0.272 e. The molecule has 0 spiro atoms. The fourth-order valence-corrected chi connectivity index (χ4v) is 3.72. The molecule has 8 nitrogen and oxygen atoms in total. The lowest BCUT2D eigenvalue weighted by Crippen LogP contribution is -2.48. The van der Waals surface area contributed by atoms with E-state index in [0.29, 0.717) is 12.2 Å². The van der Waals surface area contributed by atoms with E-state index in [0.717, 1.165) is 68.1 Å². The molecule has 2 aliphatic rings. The summed E-state index contributed by atoms with van der Waals surface area (Å²) in [5, 5.41) is 13.7. The second kappa shape index (κ2) is 7.41. The van der Waals surface area contributed by atoms with Gasteiger partial charge in [-0.2, -0.15) is 5.10 Å². The summed E-state index contributed by atoms with van der Waals surface area (Å²) in [6.07, 6.45) is 5.40. The molecule has 4 heterocycles. The summed E-state index contributed by atoms with van der Waals surface area (Å²) in [6.45, 7) is 5.43. The Balaban J connectivity index is 1.43. The highest BCUT2D eigenvalue weighted by molar-refractivity contribution is 5.94. The Morgan fingerprint density at radius 3 is 3.23 bits per heavy atom. The molecular weight excluding hydrogens is 330 g/mol. The van der Waals surface area contributed by atoms with Crippen LogP contribution in [0.4, 0.5) is 5.82 Å². The highest BCUT2D eigenvalue weighted by Gasteiger charge is 2.26. The van der Waals surface area contributed by atoms with Gasteiger partial charge in [-0.3, -0.25) is 9.89 Å². The van der Waals surface area contributed by atoms with Gasteiger partial charge in [0.1, 0.15) is 12.1 Å². The number of aromatic nitrogens is 4. The van der Waals surface area contributed by atoms with Crippen molar-refractivity contribution in [1.29, 1.82) is 0 Å². The Kier molecular flexibility index (Phi) is 4.83. The second-order valence-electron chi connectivity index (χ2n) is 6.94. The van der Waals surface area contributed by atoms with E-state index in [1.54, 1.807) is 6.33 Å². The van der Waals surface area contributed by atoms with Crippen LogP contribution in [0.5, 0.6) is 0 Å². The van der Waals surface area contributed by atoms with Crippen LogP contribution in [-0.4, -0.2) is 51.7 Å². The average Bonchev–Trinajstić information content (AvgIpc) is 3.12. The molecule has 0 bridgehead atoms. The highest BCUT2D eigenvalue weighted by atomic mass is 16.2. The van der Waals surface area contributed by atoms with Gasteiger partial charge < -0.3 is 15.5 Å². The van der Waals surface area contributed by atoms with Crippen LogP contribution in [0.1, 0.15) is 47.2 Å². The standard InChI is InChI=1S/C18H25N7O/c1-2-12-8-16(21-11-20-12)25-7-3-4-13(10-25)22-18(26)17-14-9-19-6-5-15(14)23-24-17/h8,11,13,19H,2-7,9-10H2,1H3,(H,22,26)(H,23,24). The Hall–Kier alpha value is -2.48. The van der Waals surface area contributed by atoms with Gasteiger partial charge >= 0.3 is 0 Å². The van der Waals surface area contributed by atoms with Crippen molar-refractivity contribution in [1.82, 2.24) is 30.8 Å². The number of aromatic amines is 1. The van der Waals surface area contributed by atoms with E-state index in [-0.39, 0.29) is 11.9 Å². The number of nitrogens with zero attached hydrogens (tertiary/aromatic N) is 4. The van der Waals surface area contributed by atoms with Gasteiger partial charge in [0.25, 0.3) is 5.91 Å². The number of fused-ring (bicyclic) bond motifs is 1. The number of nitrogens with one attached hydrogen (secondary N) is 3. The maximum absolute atomic E-state index is 12.7. The SMILES string of the molecule is CCc1cc(N2CCCC(NC(=O)c3n[nH]c4c3CNCC4)C2)ncn1. The third-order valence-electron chi connectivity index (χ3n) is 5.17. The quantitative estimate of drug-likeness (QED) is 0.751. The first-order chi connectivity index (χ1) is 12.7. The van der Waals surface area contributed by atoms with Crippen LogP contribution in [0, 0.1) is 0 Å². The van der Waals surface area contributed by atoms with Gasteiger partial charge in [0.2, 0.25) is 0 Å². The van der Waals surface area contributed by atoms with E-state index in [2.05, 4.69) is 42.6 Å². The van der Waals surface area contributed by atoms with Gasteiger partial charge in [0, 0.05) is 61.7 Å². The molecule has 8 heteroatoms. The molecule has 138 valence electrons. The van der Waals surface area contributed by atoms with Crippen molar-refractivity contribution < 1.29 is 4.79 Å². The molecule has 1 fully saturated rings. The lowest BCUT2D eigenvalue weighted by Gasteiger charge is -2.34. The number of amides is 1. The van der Waals surface area contributed by atoms with Crippen molar-refractivity contribution in [3.05, 3.63) is 35.0 Å². The number of hydrogen-bond acceptors (Lipinski definition) is 6. The Bertz CT molecular complexity index is 788. The average molecular weight is 355 g/mol. The summed E-state index contributed by atoms with van der Waals surface area (Å²) in [6, 6.07) is 2.14. The fraction of sp³-hybridized carbons (Fsp3) is 0.556. The number of piperidine rings is 1. The third kappa shape index (κ3) is 3.41. The minimum atomic E-state index is -0.0880. The van der Waals surface area contributed by atoms with Gasteiger partial charge in [-0.1, -0.05) is 6.92 Å². The first kappa shape index (κ1) is 17.0. The summed E-state index contributed by atoms with van der Waals surface area (Å²) in [5.41, 5.74) is 3.65. The van der Waals surface area contributed by atoms with E-state index in [9.17, 15) is 4.79 Å². The molecule has 2 aliphatic heterocycles. The Morgan fingerprint density at radius 1 is 1.42 bits per heavy atom. The first-order valence-corrected chi connectivity index (χ1v) is 9.38. The number of aryl methyl sites for hydroxylation is 1. The summed E-state index contributed by atoms with van der Waals surface area (Å²) < 4.78 is 0. The lowest BCUT2D eigenvalue weighted by atomic mass is 10.0. The van der Waals surface area contributed by atoms with E-state index in [1.165, 1.54) is 0 Å². The molecule has 0 saturated carbocycles. The van der Waals surface area contributed by atoms with Gasteiger partial charge in [-0.05, 0) is 19.3 Å². The van der Waals surface area contributed by atoms with Crippen molar-refractivity contribution in [3.8, 4) is 0 Å². The van der Waals surface area contributed by atoms with Crippen LogP contribution in [0.25, 0.3) is 0 Å². The zero-order valence-corrected chi connectivity index (χ0v) is 15.1. The van der Waals surface area contributed by atoms with Crippen molar-refractivity contribution >= 4 is 11.7 Å². The molecule has 0 radical (unpaired) electrons. The van der Waals surface area contributed by atoms with Crippen molar-refractivity contribution in [3.63, 3.8) is 0 Å². The zero-order chi connectivity index (χ0) is 17.9. The highest BCUT2D eigenvalue weighted by Crippen LogP contribution is 2.20. The number of carbonyl (C=O) groups is 1. The molecule has 26 heavy (non-hydrogen) atoms. The van der Waals surface area contributed by atoms with Crippen molar-refractivity contribution in [2.75, 3.05) is 24.5 Å². The molecule has 2 aromatic rings. The van der Waals surface area contributed by atoms with Crippen molar-refractivity contribution in [2.45, 2.75) is 45.2 Å². The summed E-state index contributed by atoms with van der Waals surface area (Å²) in [7, 11) is 0. The molecule has 1 atom stereocenters. The van der Waals surface area contributed by atoms with Crippen LogP contribution in [0.2, 0.25) is 0 Å². The van der Waals surface area contributed by atoms with Crippen LogP contribution in [0.15, 0.2) is 12.4 Å². The van der Waals surface area contributed by atoms with Gasteiger partial charge in [0.05, 0.1) is 0 Å². The maximum atomic E-state index is 12.7. The van der Waals surface area contributed by atoms with Gasteiger partial charge in [-0.25, -0.2) is 9.97 Å². The predicted molar refractivity (Wildman–Crippen MR) is 98.1 cm³/mol. The molecular formula is C18H25N7O. The normalized spacial score (nSPS) is 19.9. The molecule has 1 saturated heterocycles. The third-order valence-corrected chi connectivity index (χ3v) is 5.17. The second-order valence-corrected chi connectivity index (χ2v) is 6.94. The summed E-state index contributed by atoms with van der Waals surface area (Å²) in [5.74, 6) is 0.854. The number of hydrogen-bond donors (Lipinski definition) is 3. The fourth-order valence-electron chi connectivity index (χ4n) is 3.72. The first-order valence-electron chi connectivity index (χ1n) is 9.38. The van der Waals surface area contributed by atoms with Crippen LogP contribution >= 0.6 is 0 Å². The monoisotopic (exact) mass is 355 g/mol. The van der Waals surface area contributed by atoms with E-state index < -0.39 is 0 Å². The smallest absolute Gasteiger partial charge is 0.272 e. The van der Waals surface area contributed by atoms with E-state index >= 15 is 0 Å². The molecule has 0 aliphatic carbocycles. The Morgan fingerprint density at radius 2 is 2.35 bits per heavy atom. The van der Waals surface area contributed by atoms with E-state index in [4.69, 9.17) is 0 Å². The lowest BCUT2D eigenvalue weighted by molar-refractivity contribution is 0.0927. The van der Waals surface area contributed by atoms with Gasteiger partial charge in [0.15, 0.2) is 5.69 Å². The predicted octanol–water partition coefficient (Wildman–Crippen LogP) is 0.807. The number of anilines is 1. The molecule has 1 amide bonds. The molecule has 3 N–H and O–H groups in total. The zero-order valence-electron chi connectivity index (χ0n) is 15.1. The minimum absolute atomic E-state index is 0.0880. The molecule has 2 aromatic heterocycles. The molecule has 1 unspecified atom stereocenters. The number of carbonyl (C=O) groups excluding carboxylic acids is 1. The molecule has 0 aromatic carbocycles. The minimum Gasteiger partial charge on any atom is -0.354 e. The summed E-state index contributed by atoms with van der Waals surface area (Å²) in [4.78, 5) is 23.6. The Labute approximate surface area is 152 Å². The van der Waals surface area contributed by atoms with Crippen molar-refractivity contribution in [2.24, 2.45) is 0 Å². The van der Waals surface area contributed by atoms with E-state index in [1.807, 2.05) is 6.07 Å². The van der Waals surface area contributed by atoms with Crippen LogP contribution in [-0.2, 0) is 19.4 Å². The number of rotatable bonds is 4. The summed E-state index contributed by atoms with van der Waals surface area (Å²) >= 11 is 0. The number of H-pyrrole nitrogens is 1. The van der Waals surface area contributed by atoms with Gasteiger partial charge in [-0.15, -0.1) is 0 Å². The molecule has 4 rings (SSSR count). The van der Waals surface area contributed by atoms with Crippen LogP contribution < -0.4 is 15.5 Å². The van der Waals surface area contributed by atoms with Crippen LogP contribution in [0.3, 0.4) is 0 Å².